The van der Waals surface area contributed by atoms with E-state index < -0.39 is 0 Å². The van der Waals surface area contributed by atoms with E-state index in [4.69, 9.17) is 14.5 Å². The Morgan fingerprint density at radius 1 is 1.00 bits per heavy atom. The number of hydrogen-bond acceptors (Lipinski definition) is 6. The Balaban J connectivity index is 1.38. The Kier molecular flexibility index (Phi) is 11.3. The first-order chi connectivity index (χ1) is 20.4. The van der Waals surface area contributed by atoms with Crippen molar-refractivity contribution in [3.05, 3.63) is 67.3 Å². The molecule has 10 heteroatoms. The molecule has 1 atom stereocenters. The van der Waals surface area contributed by atoms with Crippen molar-refractivity contribution in [1.29, 1.82) is 0 Å². The molecule has 0 radical (unpaired) electrons. The summed E-state index contributed by atoms with van der Waals surface area (Å²) in [6, 6.07) is 16.0. The number of carbonyl (C=O) groups excluding carboxylic acids is 1. The van der Waals surface area contributed by atoms with Crippen molar-refractivity contribution in [2.24, 2.45) is 0 Å². The van der Waals surface area contributed by atoms with Crippen LogP contribution in [-0.2, 0) is 0 Å². The minimum atomic E-state index is -0.0588. The van der Waals surface area contributed by atoms with Crippen LogP contribution in [0, 0.1) is 0 Å². The van der Waals surface area contributed by atoms with E-state index in [0.717, 1.165) is 70.6 Å². The highest BCUT2D eigenvalue weighted by molar-refractivity contribution is 7.99. The first-order valence-corrected chi connectivity index (χ1v) is 15.5. The molecule has 224 valence electrons. The number of thioether (sulfide) groups is 1. The van der Waals surface area contributed by atoms with Crippen molar-refractivity contribution in [1.82, 2.24) is 29.7 Å². The minimum Gasteiger partial charge on any atom is -0.497 e. The first-order valence-electron chi connectivity index (χ1n) is 14.5. The third-order valence-electron chi connectivity index (χ3n) is 6.97. The third-order valence-corrected chi connectivity index (χ3v) is 7.93. The summed E-state index contributed by atoms with van der Waals surface area (Å²) in [5, 5.41) is 3.95. The van der Waals surface area contributed by atoms with Gasteiger partial charge in [-0.1, -0.05) is 25.1 Å². The van der Waals surface area contributed by atoms with Crippen LogP contribution in [0.5, 0.6) is 11.5 Å². The lowest BCUT2D eigenvalue weighted by atomic mass is 10.0. The van der Waals surface area contributed by atoms with Gasteiger partial charge in [0.1, 0.15) is 17.7 Å². The number of nitrogens with zero attached hydrogens (tertiary/aromatic N) is 4. The van der Waals surface area contributed by atoms with Gasteiger partial charge in [-0.3, -0.25) is 0 Å². The molecule has 0 saturated heterocycles. The number of amides is 2. The summed E-state index contributed by atoms with van der Waals surface area (Å²) >= 11 is 1.72. The van der Waals surface area contributed by atoms with Gasteiger partial charge in [0.2, 0.25) is 0 Å². The second-order valence-electron chi connectivity index (χ2n) is 10.3. The maximum atomic E-state index is 13.0. The number of unbranched alkanes of at least 4 members (excludes halogenated alkanes) is 2. The average molecular weight is 591 g/mol. The van der Waals surface area contributed by atoms with E-state index in [1.54, 1.807) is 38.5 Å². The number of nitrogens with one attached hydrogen (secondary N) is 2. The zero-order valence-electron chi connectivity index (χ0n) is 25.2. The first kappa shape index (κ1) is 31.0. The fraction of sp³-hybridized carbons (Fsp3) is 0.406. The van der Waals surface area contributed by atoms with Gasteiger partial charge in [0.25, 0.3) is 0 Å². The van der Waals surface area contributed by atoms with Crippen LogP contribution in [0.2, 0.25) is 0 Å². The lowest BCUT2D eigenvalue weighted by molar-refractivity contribution is 0.139. The largest absolute Gasteiger partial charge is 0.497 e. The summed E-state index contributed by atoms with van der Waals surface area (Å²) < 4.78 is 12.7. The van der Waals surface area contributed by atoms with Crippen molar-refractivity contribution >= 4 is 17.8 Å². The zero-order chi connectivity index (χ0) is 29.9. The summed E-state index contributed by atoms with van der Waals surface area (Å²) in [5.41, 5.74) is 3.95. The van der Waals surface area contributed by atoms with Crippen LogP contribution in [0.25, 0.3) is 22.5 Å². The third kappa shape index (κ3) is 8.09. The van der Waals surface area contributed by atoms with Gasteiger partial charge in [-0.25, -0.2) is 14.8 Å². The van der Waals surface area contributed by atoms with Crippen molar-refractivity contribution < 1.29 is 14.3 Å². The second-order valence-corrected chi connectivity index (χ2v) is 11.4. The standard InChI is InChI=1S/C32H42N6O3S/c1-6-28(37-20-18-33-22-37)38(32(39)34-23(2)3)19-8-7-9-21-42-31-35-29(24-10-14-26(40-4)15-11-24)30(36-31)25-12-16-27(41-5)17-13-25/h10-18,20,22-23,28H,6-9,19,21H2,1-5H3,(H,34,39)(H,35,36). The molecule has 0 bridgehead atoms. The van der Waals surface area contributed by atoms with E-state index in [-0.39, 0.29) is 18.2 Å². The molecule has 2 aromatic carbocycles. The molecule has 1 unspecified atom stereocenters. The average Bonchev–Trinajstić information content (AvgIpc) is 3.69. The highest BCUT2D eigenvalue weighted by atomic mass is 32.2. The molecule has 0 saturated carbocycles. The predicted octanol–water partition coefficient (Wildman–Crippen LogP) is 7.25. The smallest absolute Gasteiger partial charge is 0.319 e. The molecule has 2 aromatic heterocycles. The van der Waals surface area contributed by atoms with Gasteiger partial charge in [-0.05, 0) is 81.6 Å². The van der Waals surface area contributed by atoms with E-state index in [0.29, 0.717) is 6.54 Å². The van der Waals surface area contributed by atoms with Crippen LogP contribution in [0.15, 0.2) is 72.4 Å². The van der Waals surface area contributed by atoms with E-state index in [2.05, 4.69) is 22.2 Å². The van der Waals surface area contributed by atoms with Gasteiger partial charge in [-0.15, -0.1) is 0 Å². The quantitative estimate of drug-likeness (QED) is 0.112. The number of H-pyrrole nitrogens is 1. The summed E-state index contributed by atoms with van der Waals surface area (Å²) in [6.45, 7) is 6.76. The maximum absolute atomic E-state index is 13.0. The Labute approximate surface area is 253 Å². The number of hydrogen-bond donors (Lipinski definition) is 2. The fourth-order valence-corrected chi connectivity index (χ4v) is 5.70. The van der Waals surface area contributed by atoms with Crippen molar-refractivity contribution in [2.75, 3.05) is 26.5 Å². The highest BCUT2D eigenvalue weighted by Crippen LogP contribution is 2.34. The second kappa shape index (κ2) is 15.3. The zero-order valence-corrected chi connectivity index (χ0v) is 26.0. The molecule has 0 fully saturated rings. The van der Waals surface area contributed by atoms with E-state index in [1.165, 1.54) is 0 Å². The normalized spacial score (nSPS) is 11.9. The van der Waals surface area contributed by atoms with Crippen LogP contribution in [0.1, 0.15) is 52.6 Å². The number of aromatic amines is 1. The van der Waals surface area contributed by atoms with Crippen LogP contribution in [-0.4, -0.2) is 63.0 Å². The van der Waals surface area contributed by atoms with Crippen molar-refractivity contribution in [3.8, 4) is 34.0 Å². The number of rotatable bonds is 15. The van der Waals surface area contributed by atoms with Gasteiger partial charge in [0.05, 0.1) is 31.9 Å². The summed E-state index contributed by atoms with van der Waals surface area (Å²) in [6.07, 6.45) is 9.16. The van der Waals surface area contributed by atoms with E-state index >= 15 is 0 Å². The Morgan fingerprint density at radius 2 is 1.67 bits per heavy atom. The Hall–Kier alpha value is -3.92. The molecule has 4 aromatic rings. The number of benzene rings is 2. The Morgan fingerprint density at radius 3 is 2.24 bits per heavy atom. The predicted molar refractivity (Wildman–Crippen MR) is 169 cm³/mol. The molecule has 9 nitrogen and oxygen atoms in total. The molecule has 42 heavy (non-hydrogen) atoms. The van der Waals surface area contributed by atoms with Crippen LogP contribution >= 0.6 is 11.8 Å². The molecule has 2 N–H and O–H groups in total. The lowest BCUT2D eigenvalue weighted by Crippen LogP contribution is -2.46. The van der Waals surface area contributed by atoms with Crippen molar-refractivity contribution in [3.63, 3.8) is 0 Å². The van der Waals surface area contributed by atoms with Crippen LogP contribution in [0.4, 0.5) is 4.79 Å². The Bertz CT molecular complexity index is 1310. The SMILES string of the molecule is CCC(N(CCCCCSc1nc(-c2ccc(OC)cc2)c(-c2ccc(OC)cc2)[nH]1)C(=O)NC(C)C)n1ccnc1. The number of urea groups is 1. The van der Waals surface area contributed by atoms with Gasteiger partial charge < -0.3 is 29.2 Å². The molecule has 0 aliphatic carbocycles. The van der Waals surface area contributed by atoms with Gasteiger partial charge >= 0.3 is 6.03 Å². The molecule has 0 spiro atoms. The van der Waals surface area contributed by atoms with Crippen LogP contribution < -0.4 is 14.8 Å². The monoisotopic (exact) mass is 590 g/mol. The van der Waals surface area contributed by atoms with Gasteiger partial charge in [0, 0.05) is 41.9 Å². The van der Waals surface area contributed by atoms with Gasteiger partial charge in [-0.2, -0.15) is 0 Å². The molecule has 4 rings (SSSR count). The van der Waals surface area contributed by atoms with Crippen LogP contribution in [0.3, 0.4) is 0 Å². The molecule has 0 aliphatic rings. The topological polar surface area (TPSA) is 97.3 Å². The number of carbonyl (C=O) groups is 1. The molecular weight excluding hydrogens is 548 g/mol. The molecular formula is C32H42N6O3S. The van der Waals surface area contributed by atoms with E-state index in [1.807, 2.05) is 78.0 Å². The summed E-state index contributed by atoms with van der Waals surface area (Å²) in [5.74, 6) is 2.55. The molecule has 0 aliphatic heterocycles. The maximum Gasteiger partial charge on any atom is 0.319 e. The summed E-state index contributed by atoms with van der Waals surface area (Å²) in [4.78, 5) is 27.7. The highest BCUT2D eigenvalue weighted by Gasteiger charge is 2.23. The number of aromatic nitrogens is 4. The van der Waals surface area contributed by atoms with Crippen molar-refractivity contribution in [2.45, 2.75) is 63.8 Å². The minimum absolute atomic E-state index is 0.0346. The number of imidazole rings is 2. The number of methoxy groups -OCH3 is 2. The fourth-order valence-electron chi connectivity index (χ4n) is 4.83. The van der Waals surface area contributed by atoms with E-state index in [9.17, 15) is 4.79 Å². The molecule has 2 heterocycles. The number of ether oxygens (including phenoxy) is 2. The summed E-state index contributed by atoms with van der Waals surface area (Å²) in [7, 11) is 3.34. The lowest BCUT2D eigenvalue weighted by Gasteiger charge is -2.32. The van der Waals surface area contributed by atoms with Gasteiger partial charge in [0.15, 0.2) is 5.16 Å². The molecule has 2 amide bonds.